The molecule has 1 aromatic heterocycles. The third-order valence-electron chi connectivity index (χ3n) is 3.54. The van der Waals surface area contributed by atoms with Crippen molar-refractivity contribution in [2.24, 2.45) is 0 Å². The highest BCUT2D eigenvalue weighted by molar-refractivity contribution is 6.30. The van der Waals surface area contributed by atoms with Crippen molar-refractivity contribution in [2.45, 2.75) is 19.9 Å². The van der Waals surface area contributed by atoms with E-state index < -0.39 is 0 Å². The Hall–Kier alpha value is -1.80. The minimum absolute atomic E-state index is 0.595. The number of aryl methyl sites for hydroxylation is 2. The van der Waals surface area contributed by atoms with Gasteiger partial charge >= 0.3 is 0 Å². The average Bonchev–Trinajstić information content (AvgIpc) is 2.76. The highest BCUT2D eigenvalue weighted by Gasteiger charge is 2.05. The third-order valence-corrected chi connectivity index (χ3v) is 3.91. The van der Waals surface area contributed by atoms with Crippen LogP contribution >= 0.6 is 11.6 Å². The lowest BCUT2D eigenvalue weighted by molar-refractivity contribution is 0.680. The number of aromatic nitrogens is 2. The fourth-order valence-electron chi connectivity index (χ4n) is 2.40. The first-order chi connectivity index (χ1) is 9.25. The van der Waals surface area contributed by atoms with Crippen LogP contribution in [0.25, 0.3) is 10.8 Å². The van der Waals surface area contributed by atoms with E-state index in [1.54, 1.807) is 0 Å². The summed E-state index contributed by atoms with van der Waals surface area (Å²) in [4.78, 5) is 4.12. The van der Waals surface area contributed by atoms with Crippen molar-refractivity contribution in [1.29, 1.82) is 0 Å². The minimum Gasteiger partial charge on any atom is -0.333 e. The Kier molecular flexibility index (Phi) is 3.26. The highest BCUT2D eigenvalue weighted by atomic mass is 35.5. The van der Waals surface area contributed by atoms with Crippen molar-refractivity contribution >= 4 is 22.4 Å². The molecule has 3 heteroatoms. The number of hydrogen-bond acceptors (Lipinski definition) is 1. The Morgan fingerprint density at radius 3 is 2.68 bits per heavy atom. The zero-order valence-electron chi connectivity index (χ0n) is 10.8. The molecule has 3 aromatic rings. The van der Waals surface area contributed by atoms with Crippen LogP contribution in [0.5, 0.6) is 0 Å². The summed E-state index contributed by atoms with van der Waals surface area (Å²) in [5.74, 6) is 0. The molecule has 0 spiro atoms. The molecule has 3 rings (SSSR count). The second-order valence-electron chi connectivity index (χ2n) is 4.70. The van der Waals surface area contributed by atoms with E-state index in [1.807, 2.05) is 13.3 Å². The van der Waals surface area contributed by atoms with Crippen molar-refractivity contribution in [3.63, 3.8) is 0 Å². The molecule has 0 saturated carbocycles. The van der Waals surface area contributed by atoms with Gasteiger partial charge in [0, 0.05) is 6.54 Å². The fourth-order valence-corrected chi connectivity index (χ4v) is 2.55. The van der Waals surface area contributed by atoms with Crippen LogP contribution in [0.3, 0.4) is 0 Å². The zero-order chi connectivity index (χ0) is 13.2. The van der Waals surface area contributed by atoms with Crippen molar-refractivity contribution in [2.75, 3.05) is 0 Å². The molecule has 0 N–H and O–H groups in total. The summed E-state index contributed by atoms with van der Waals surface area (Å²) in [6, 6.07) is 15.0. The smallest absolute Gasteiger partial charge is 0.149 e. The summed E-state index contributed by atoms with van der Waals surface area (Å²) in [6.07, 6.45) is 2.79. The van der Waals surface area contributed by atoms with Gasteiger partial charge in [-0.15, -0.1) is 0 Å². The Balaban J connectivity index is 1.88. The van der Waals surface area contributed by atoms with Gasteiger partial charge < -0.3 is 4.57 Å². The van der Waals surface area contributed by atoms with Gasteiger partial charge in [0.05, 0.1) is 12.0 Å². The van der Waals surface area contributed by atoms with Crippen molar-refractivity contribution in [1.82, 2.24) is 9.55 Å². The van der Waals surface area contributed by atoms with E-state index in [1.165, 1.54) is 16.3 Å². The number of fused-ring (bicyclic) bond motifs is 1. The molecular formula is C16H15ClN2. The molecule has 2 nitrogen and oxygen atoms in total. The molecule has 0 radical (unpaired) electrons. The summed E-state index contributed by atoms with van der Waals surface area (Å²) in [5, 5.41) is 3.21. The number of hydrogen-bond donors (Lipinski definition) is 0. The molecule has 0 saturated heterocycles. The van der Waals surface area contributed by atoms with Gasteiger partial charge in [0.25, 0.3) is 0 Å². The van der Waals surface area contributed by atoms with Crippen LogP contribution < -0.4 is 0 Å². The molecule has 1 heterocycles. The second kappa shape index (κ2) is 5.06. The monoisotopic (exact) mass is 270 g/mol. The first-order valence-electron chi connectivity index (χ1n) is 6.39. The van der Waals surface area contributed by atoms with Gasteiger partial charge in [-0.3, -0.25) is 0 Å². The first-order valence-corrected chi connectivity index (χ1v) is 6.77. The number of benzene rings is 2. The molecule has 0 aliphatic rings. The Morgan fingerprint density at radius 1 is 1.11 bits per heavy atom. The molecule has 19 heavy (non-hydrogen) atoms. The van der Waals surface area contributed by atoms with Gasteiger partial charge in [0.15, 0.2) is 0 Å². The second-order valence-corrected chi connectivity index (χ2v) is 5.06. The molecule has 2 aromatic carbocycles. The summed E-state index contributed by atoms with van der Waals surface area (Å²) < 4.78 is 2.10. The van der Waals surface area contributed by atoms with Crippen LogP contribution in [0.2, 0.25) is 5.15 Å². The summed E-state index contributed by atoms with van der Waals surface area (Å²) in [6.45, 7) is 2.90. The van der Waals surface area contributed by atoms with Crippen molar-refractivity contribution in [3.8, 4) is 0 Å². The largest absolute Gasteiger partial charge is 0.333 e. The van der Waals surface area contributed by atoms with Gasteiger partial charge in [0.2, 0.25) is 0 Å². The number of imidazole rings is 1. The zero-order valence-corrected chi connectivity index (χ0v) is 11.6. The number of rotatable bonds is 3. The normalized spacial score (nSPS) is 11.1. The molecule has 0 bridgehead atoms. The molecule has 0 fully saturated rings. The van der Waals surface area contributed by atoms with Crippen molar-refractivity contribution in [3.05, 3.63) is 65.2 Å². The standard InChI is InChI=1S/C16H15ClN2/c1-12-16(17)18-11-19(12)10-9-14-7-4-6-13-5-2-3-8-15(13)14/h2-8,11H,9-10H2,1H3. The third kappa shape index (κ3) is 2.36. The molecule has 96 valence electrons. The lowest BCUT2D eigenvalue weighted by atomic mass is 10.0. The van der Waals surface area contributed by atoms with E-state index in [9.17, 15) is 0 Å². The maximum atomic E-state index is 5.97. The van der Waals surface area contributed by atoms with Gasteiger partial charge in [-0.1, -0.05) is 54.1 Å². The van der Waals surface area contributed by atoms with E-state index in [-0.39, 0.29) is 0 Å². The average molecular weight is 271 g/mol. The van der Waals surface area contributed by atoms with Gasteiger partial charge in [-0.2, -0.15) is 0 Å². The predicted molar refractivity (Wildman–Crippen MR) is 79.6 cm³/mol. The Morgan fingerprint density at radius 2 is 1.89 bits per heavy atom. The lowest BCUT2D eigenvalue weighted by Gasteiger charge is -2.08. The van der Waals surface area contributed by atoms with Crippen LogP contribution in [0.4, 0.5) is 0 Å². The van der Waals surface area contributed by atoms with Crippen LogP contribution in [0.1, 0.15) is 11.3 Å². The highest BCUT2D eigenvalue weighted by Crippen LogP contribution is 2.20. The summed E-state index contributed by atoms with van der Waals surface area (Å²) in [5.41, 5.74) is 2.39. The van der Waals surface area contributed by atoms with E-state index >= 15 is 0 Å². The predicted octanol–water partition coefficient (Wildman–Crippen LogP) is 4.24. The van der Waals surface area contributed by atoms with Crippen LogP contribution in [0, 0.1) is 6.92 Å². The van der Waals surface area contributed by atoms with E-state index in [2.05, 4.69) is 52.0 Å². The summed E-state index contributed by atoms with van der Waals surface area (Å²) >= 11 is 5.97. The lowest BCUT2D eigenvalue weighted by Crippen LogP contribution is -2.02. The fraction of sp³-hybridized carbons (Fsp3) is 0.188. The molecule has 0 aliphatic carbocycles. The molecule has 0 amide bonds. The number of halogens is 1. The number of nitrogens with zero attached hydrogens (tertiary/aromatic N) is 2. The summed E-state index contributed by atoms with van der Waals surface area (Å²) in [7, 11) is 0. The first kappa shape index (κ1) is 12.2. The van der Waals surface area contributed by atoms with Crippen LogP contribution in [0.15, 0.2) is 48.8 Å². The Bertz CT molecular complexity index is 710. The quantitative estimate of drug-likeness (QED) is 0.696. The maximum absolute atomic E-state index is 5.97. The maximum Gasteiger partial charge on any atom is 0.149 e. The SMILES string of the molecule is Cc1c(Cl)ncn1CCc1cccc2ccccc12. The van der Waals surface area contributed by atoms with Crippen molar-refractivity contribution < 1.29 is 0 Å². The van der Waals surface area contributed by atoms with E-state index in [0.717, 1.165) is 18.7 Å². The van der Waals surface area contributed by atoms with Crippen LogP contribution in [-0.4, -0.2) is 9.55 Å². The molecule has 0 atom stereocenters. The topological polar surface area (TPSA) is 17.8 Å². The minimum atomic E-state index is 0.595. The molecular weight excluding hydrogens is 256 g/mol. The van der Waals surface area contributed by atoms with E-state index in [4.69, 9.17) is 11.6 Å². The molecule has 0 unspecified atom stereocenters. The van der Waals surface area contributed by atoms with Gasteiger partial charge in [-0.05, 0) is 29.7 Å². The van der Waals surface area contributed by atoms with Gasteiger partial charge in [-0.25, -0.2) is 4.98 Å². The van der Waals surface area contributed by atoms with E-state index in [0.29, 0.717) is 5.15 Å². The van der Waals surface area contributed by atoms with Crippen LogP contribution in [-0.2, 0) is 13.0 Å². The Labute approximate surface area is 117 Å². The van der Waals surface area contributed by atoms with Gasteiger partial charge in [0.1, 0.15) is 5.15 Å². The molecule has 0 aliphatic heterocycles.